The summed E-state index contributed by atoms with van der Waals surface area (Å²) in [6.45, 7) is 3.13. The number of rotatable bonds is 6. The molecule has 0 saturated heterocycles. The Morgan fingerprint density at radius 3 is 3.00 bits per heavy atom. The molecule has 1 heterocycles. The molecule has 7 heteroatoms. The fraction of sp³-hybridized carbons (Fsp3) is 0.600. The van der Waals surface area contributed by atoms with Crippen LogP contribution < -0.4 is 16.6 Å². The number of hydrogen-bond donors (Lipinski definition) is 2. The van der Waals surface area contributed by atoms with Crippen molar-refractivity contribution in [2.24, 2.45) is 5.73 Å². The molecule has 3 N–H and O–H groups in total. The first kappa shape index (κ1) is 14.0. The van der Waals surface area contributed by atoms with Gasteiger partial charge in [0.05, 0.1) is 25.0 Å². The van der Waals surface area contributed by atoms with Gasteiger partial charge in [0.15, 0.2) is 0 Å². The molecular formula is C10H17ClN4O2. The summed E-state index contributed by atoms with van der Waals surface area (Å²) in [4.78, 5) is 11.8. The van der Waals surface area contributed by atoms with Crippen LogP contribution in [0.2, 0.25) is 5.02 Å². The van der Waals surface area contributed by atoms with Crippen LogP contribution >= 0.6 is 11.6 Å². The van der Waals surface area contributed by atoms with Crippen LogP contribution in [0, 0.1) is 0 Å². The van der Waals surface area contributed by atoms with E-state index >= 15 is 0 Å². The number of nitrogens with one attached hydrogen (secondary N) is 1. The molecule has 96 valence electrons. The van der Waals surface area contributed by atoms with Gasteiger partial charge in [0.1, 0.15) is 5.02 Å². The molecule has 0 aromatic carbocycles. The third-order valence-corrected chi connectivity index (χ3v) is 2.61. The molecule has 0 saturated carbocycles. The van der Waals surface area contributed by atoms with Gasteiger partial charge in [0, 0.05) is 19.7 Å². The number of aromatic nitrogens is 2. The Labute approximate surface area is 105 Å². The van der Waals surface area contributed by atoms with Gasteiger partial charge < -0.3 is 15.8 Å². The lowest BCUT2D eigenvalue weighted by atomic mass is 10.3. The van der Waals surface area contributed by atoms with E-state index in [0.29, 0.717) is 25.4 Å². The molecule has 0 amide bonds. The van der Waals surface area contributed by atoms with Crippen molar-refractivity contribution < 1.29 is 4.74 Å². The number of nitrogens with zero attached hydrogens (tertiary/aromatic N) is 2. The molecule has 17 heavy (non-hydrogen) atoms. The molecule has 6 nitrogen and oxygen atoms in total. The van der Waals surface area contributed by atoms with E-state index < -0.39 is 0 Å². The molecule has 1 unspecified atom stereocenters. The first-order valence-electron chi connectivity index (χ1n) is 5.31. The van der Waals surface area contributed by atoms with Crippen molar-refractivity contribution in [2.75, 3.05) is 25.6 Å². The third-order valence-electron chi connectivity index (χ3n) is 2.25. The van der Waals surface area contributed by atoms with Gasteiger partial charge in [-0.2, -0.15) is 5.10 Å². The zero-order valence-corrected chi connectivity index (χ0v) is 10.7. The second-order valence-corrected chi connectivity index (χ2v) is 4.05. The molecule has 0 aliphatic heterocycles. The highest BCUT2D eigenvalue weighted by Crippen LogP contribution is 2.15. The molecule has 0 fully saturated rings. The van der Waals surface area contributed by atoms with Crippen molar-refractivity contribution in [3.05, 3.63) is 21.6 Å². The number of hydrogen-bond acceptors (Lipinski definition) is 5. The summed E-state index contributed by atoms with van der Waals surface area (Å²) in [5.74, 6) is 0. The van der Waals surface area contributed by atoms with Crippen LogP contribution in [0.25, 0.3) is 0 Å². The zero-order valence-electron chi connectivity index (χ0n) is 9.94. The number of nitrogens with two attached hydrogens (primary N) is 1. The smallest absolute Gasteiger partial charge is 0.287 e. The minimum atomic E-state index is -0.335. The first-order valence-corrected chi connectivity index (χ1v) is 5.69. The lowest BCUT2D eigenvalue weighted by Crippen LogP contribution is -2.29. The van der Waals surface area contributed by atoms with Gasteiger partial charge in [-0.25, -0.2) is 4.68 Å². The normalized spacial score (nSPS) is 12.5. The van der Waals surface area contributed by atoms with Crippen molar-refractivity contribution in [1.29, 1.82) is 0 Å². The maximum Gasteiger partial charge on any atom is 0.287 e. The van der Waals surface area contributed by atoms with Crippen molar-refractivity contribution in [2.45, 2.75) is 19.5 Å². The fourth-order valence-electron chi connectivity index (χ4n) is 1.23. The van der Waals surface area contributed by atoms with Crippen molar-refractivity contribution in [1.82, 2.24) is 9.78 Å². The van der Waals surface area contributed by atoms with E-state index in [-0.39, 0.29) is 16.6 Å². The summed E-state index contributed by atoms with van der Waals surface area (Å²) < 4.78 is 6.15. The standard InChI is InChI=1S/C10H17ClN4O2/c1-7(5-12)14-8-6-13-15(3-4-17-2)10(16)9(8)11/h6-7,14H,3-5,12H2,1-2H3. The highest BCUT2D eigenvalue weighted by molar-refractivity contribution is 6.32. The molecule has 0 bridgehead atoms. The summed E-state index contributed by atoms with van der Waals surface area (Å²) in [6.07, 6.45) is 1.52. The summed E-state index contributed by atoms with van der Waals surface area (Å²) in [5, 5.41) is 7.14. The van der Waals surface area contributed by atoms with E-state index in [9.17, 15) is 4.79 Å². The van der Waals surface area contributed by atoms with Crippen LogP contribution in [-0.2, 0) is 11.3 Å². The van der Waals surface area contributed by atoms with Crippen LogP contribution in [0.5, 0.6) is 0 Å². The molecule has 0 radical (unpaired) electrons. The first-order chi connectivity index (χ1) is 8.10. The molecule has 1 aromatic rings. The number of halogens is 1. The highest BCUT2D eigenvalue weighted by Gasteiger charge is 2.10. The van der Waals surface area contributed by atoms with E-state index in [4.69, 9.17) is 22.1 Å². The number of methoxy groups -OCH3 is 1. The molecular weight excluding hydrogens is 244 g/mol. The summed E-state index contributed by atoms with van der Waals surface area (Å²) in [6, 6.07) is 0.0310. The molecule has 1 atom stereocenters. The van der Waals surface area contributed by atoms with Gasteiger partial charge in [-0.1, -0.05) is 11.6 Å². The predicted octanol–water partition coefficient (Wildman–Crippen LogP) is 0.302. The maximum absolute atomic E-state index is 11.8. The van der Waals surface area contributed by atoms with Crippen molar-refractivity contribution >= 4 is 17.3 Å². The van der Waals surface area contributed by atoms with Crippen LogP contribution in [-0.4, -0.2) is 36.1 Å². The molecule has 0 aliphatic carbocycles. The van der Waals surface area contributed by atoms with E-state index in [1.165, 1.54) is 10.9 Å². The lowest BCUT2D eigenvalue weighted by Gasteiger charge is -2.14. The minimum Gasteiger partial charge on any atom is -0.383 e. The molecule has 0 aliphatic rings. The Bertz CT molecular complexity index is 421. The van der Waals surface area contributed by atoms with Gasteiger partial charge in [-0.05, 0) is 6.92 Å². The Balaban J connectivity index is 2.90. The van der Waals surface area contributed by atoms with Crippen molar-refractivity contribution in [3.63, 3.8) is 0 Å². The highest BCUT2D eigenvalue weighted by atomic mass is 35.5. The van der Waals surface area contributed by atoms with E-state index in [2.05, 4.69) is 10.4 Å². The van der Waals surface area contributed by atoms with Crippen LogP contribution in [0.4, 0.5) is 5.69 Å². The SMILES string of the molecule is COCCn1ncc(NC(C)CN)c(Cl)c1=O. The Hall–Kier alpha value is -1.11. The average Bonchev–Trinajstić information content (AvgIpc) is 2.34. The molecule has 1 aromatic heterocycles. The van der Waals surface area contributed by atoms with Gasteiger partial charge in [-0.3, -0.25) is 4.79 Å². The summed E-state index contributed by atoms with van der Waals surface area (Å²) in [5.41, 5.74) is 5.65. The van der Waals surface area contributed by atoms with E-state index in [0.717, 1.165) is 0 Å². The fourth-order valence-corrected chi connectivity index (χ4v) is 1.43. The number of anilines is 1. The molecule has 0 spiro atoms. The monoisotopic (exact) mass is 260 g/mol. The van der Waals surface area contributed by atoms with Crippen LogP contribution in [0.3, 0.4) is 0 Å². The van der Waals surface area contributed by atoms with Gasteiger partial charge >= 0.3 is 0 Å². The van der Waals surface area contributed by atoms with Crippen molar-refractivity contribution in [3.8, 4) is 0 Å². The topological polar surface area (TPSA) is 82.2 Å². The largest absolute Gasteiger partial charge is 0.383 e. The van der Waals surface area contributed by atoms with E-state index in [1.807, 2.05) is 6.92 Å². The van der Waals surface area contributed by atoms with E-state index in [1.54, 1.807) is 7.11 Å². The van der Waals surface area contributed by atoms with Gasteiger partial charge in [-0.15, -0.1) is 0 Å². The zero-order chi connectivity index (χ0) is 12.8. The number of ether oxygens (including phenoxy) is 1. The molecule has 1 rings (SSSR count). The quantitative estimate of drug-likeness (QED) is 0.769. The van der Waals surface area contributed by atoms with Gasteiger partial charge in [0.2, 0.25) is 0 Å². The Morgan fingerprint density at radius 1 is 1.71 bits per heavy atom. The van der Waals surface area contributed by atoms with Crippen LogP contribution in [0.15, 0.2) is 11.0 Å². The summed E-state index contributed by atoms with van der Waals surface area (Å²) >= 11 is 5.96. The van der Waals surface area contributed by atoms with Gasteiger partial charge in [0.25, 0.3) is 5.56 Å². The average molecular weight is 261 g/mol. The maximum atomic E-state index is 11.8. The van der Waals surface area contributed by atoms with Crippen LogP contribution in [0.1, 0.15) is 6.92 Å². The Morgan fingerprint density at radius 2 is 2.41 bits per heavy atom. The minimum absolute atomic E-state index is 0.0310. The third kappa shape index (κ3) is 3.69. The Kier molecular flexibility index (Phi) is 5.40. The second kappa shape index (κ2) is 6.58. The predicted molar refractivity (Wildman–Crippen MR) is 67.5 cm³/mol. The second-order valence-electron chi connectivity index (χ2n) is 3.67. The summed E-state index contributed by atoms with van der Waals surface area (Å²) in [7, 11) is 1.56. The lowest BCUT2D eigenvalue weighted by molar-refractivity contribution is 0.182.